The molecule has 0 unspecified atom stereocenters. The van der Waals surface area contributed by atoms with Crippen LogP contribution in [0.5, 0.6) is 0 Å². The van der Waals surface area contributed by atoms with Crippen LogP contribution in [-0.2, 0) is 14.4 Å². The molecule has 0 aromatic rings. The Morgan fingerprint density at radius 1 is 1.03 bits per heavy atom. The molecule has 0 aromatic heterocycles. The van der Waals surface area contributed by atoms with E-state index in [1.807, 2.05) is 41.5 Å². The Kier molecular flexibility index (Phi) is 9.69. The zero-order valence-corrected chi connectivity index (χ0v) is 18.9. The molecule has 1 fully saturated rings. The van der Waals surface area contributed by atoms with Crippen LogP contribution in [-0.4, -0.2) is 46.3 Å². The molecule has 1 aliphatic rings. The van der Waals surface area contributed by atoms with Crippen molar-refractivity contribution in [1.29, 1.82) is 0 Å². The van der Waals surface area contributed by atoms with E-state index < -0.39 is 28.9 Å². The molecule has 0 saturated heterocycles. The van der Waals surface area contributed by atoms with Crippen LogP contribution in [0.3, 0.4) is 0 Å². The van der Waals surface area contributed by atoms with Crippen LogP contribution in [0, 0.1) is 23.7 Å². The smallest absolute Gasteiger partial charge is 0.208 e. The number of rotatable bonds is 12. The maximum atomic E-state index is 13.3. The molecule has 0 aromatic carbocycles. The Balaban J connectivity index is 3.43. The highest BCUT2D eigenvalue weighted by Gasteiger charge is 2.61. The van der Waals surface area contributed by atoms with E-state index in [1.54, 1.807) is 0 Å². The van der Waals surface area contributed by atoms with E-state index in [-0.39, 0.29) is 42.9 Å². The van der Waals surface area contributed by atoms with Gasteiger partial charge in [-0.2, -0.15) is 0 Å². The molecule has 0 spiro atoms. The highest BCUT2D eigenvalue weighted by atomic mass is 16.3. The Labute approximate surface area is 175 Å². The summed E-state index contributed by atoms with van der Waals surface area (Å²) in [4.78, 5) is 39.6. The summed E-state index contributed by atoms with van der Waals surface area (Å²) in [6, 6.07) is 0. The van der Waals surface area contributed by atoms with E-state index in [0.717, 1.165) is 0 Å². The number of aliphatic hydroxyl groups excluding tert-OH is 1. The number of Topliss-reactive ketones (excluding diaryl/α,β-unsaturated/α-hetero) is 3. The van der Waals surface area contributed by atoms with Crippen LogP contribution in [0.25, 0.3) is 0 Å². The molecule has 0 bridgehead atoms. The number of ketones is 3. The van der Waals surface area contributed by atoms with Gasteiger partial charge in [0.25, 0.3) is 0 Å². The Morgan fingerprint density at radius 3 is 2.10 bits per heavy atom. The van der Waals surface area contributed by atoms with Crippen LogP contribution in [0.4, 0.5) is 0 Å². The van der Waals surface area contributed by atoms with Crippen LogP contribution in [0.15, 0.2) is 11.3 Å². The highest BCUT2D eigenvalue weighted by Crippen LogP contribution is 2.40. The van der Waals surface area contributed by atoms with Crippen LogP contribution < -0.4 is 5.32 Å². The number of allylic oxidation sites excluding steroid dienone is 1. The van der Waals surface area contributed by atoms with Crippen molar-refractivity contribution in [2.24, 2.45) is 23.7 Å². The zero-order valence-electron chi connectivity index (χ0n) is 18.9. The molecule has 3 N–H and O–H groups in total. The van der Waals surface area contributed by atoms with E-state index in [2.05, 4.69) is 5.32 Å². The van der Waals surface area contributed by atoms with Crippen molar-refractivity contribution >= 4 is 17.3 Å². The average molecular weight is 410 g/mol. The zero-order chi connectivity index (χ0) is 22.4. The SMILES string of the molecule is CC(C)CCC(=O)[C@@]1(O)C(=O)C(=C(CC(C)C)NCCO)C(=O)[C@@H]1CCC(C)C. The maximum absolute atomic E-state index is 13.3. The minimum absolute atomic E-state index is 0.0717. The van der Waals surface area contributed by atoms with Gasteiger partial charge in [0.1, 0.15) is 0 Å². The van der Waals surface area contributed by atoms with Gasteiger partial charge in [0, 0.05) is 18.7 Å². The molecular weight excluding hydrogens is 370 g/mol. The Hall–Kier alpha value is -1.53. The molecule has 0 heterocycles. The van der Waals surface area contributed by atoms with E-state index in [0.29, 0.717) is 31.4 Å². The van der Waals surface area contributed by atoms with Crippen molar-refractivity contribution in [3.05, 3.63) is 11.3 Å². The van der Waals surface area contributed by atoms with Crippen LogP contribution in [0.2, 0.25) is 0 Å². The van der Waals surface area contributed by atoms with Crippen molar-refractivity contribution in [1.82, 2.24) is 5.32 Å². The molecule has 29 heavy (non-hydrogen) atoms. The predicted octanol–water partition coefficient (Wildman–Crippen LogP) is 2.81. The molecule has 6 heteroatoms. The highest BCUT2D eigenvalue weighted by molar-refractivity contribution is 6.37. The van der Waals surface area contributed by atoms with Crippen molar-refractivity contribution in [3.8, 4) is 0 Å². The van der Waals surface area contributed by atoms with Gasteiger partial charge < -0.3 is 15.5 Å². The Morgan fingerprint density at radius 2 is 1.62 bits per heavy atom. The molecule has 0 radical (unpaired) electrons. The summed E-state index contributed by atoms with van der Waals surface area (Å²) in [5.74, 6) is -2.12. The summed E-state index contributed by atoms with van der Waals surface area (Å²) >= 11 is 0. The second kappa shape index (κ2) is 11.0. The third-order valence-corrected chi connectivity index (χ3v) is 5.41. The third-order valence-electron chi connectivity index (χ3n) is 5.41. The number of nitrogens with one attached hydrogen (secondary N) is 1. The number of hydrogen-bond donors (Lipinski definition) is 3. The molecule has 1 saturated carbocycles. The first kappa shape index (κ1) is 25.5. The fraction of sp³-hybridized carbons (Fsp3) is 0.783. The number of carbonyl (C=O) groups excluding carboxylic acids is 3. The lowest BCUT2D eigenvalue weighted by molar-refractivity contribution is -0.153. The average Bonchev–Trinajstić information content (AvgIpc) is 2.81. The van der Waals surface area contributed by atoms with Crippen molar-refractivity contribution in [2.75, 3.05) is 13.2 Å². The van der Waals surface area contributed by atoms with Gasteiger partial charge in [0.2, 0.25) is 5.78 Å². The quantitative estimate of drug-likeness (QED) is 0.260. The van der Waals surface area contributed by atoms with E-state index in [4.69, 9.17) is 0 Å². The number of hydrogen-bond acceptors (Lipinski definition) is 6. The second-order valence-corrected chi connectivity index (χ2v) is 9.44. The normalized spacial score (nSPS) is 24.2. The minimum atomic E-state index is -2.28. The van der Waals surface area contributed by atoms with Gasteiger partial charge in [-0.1, -0.05) is 48.0 Å². The summed E-state index contributed by atoms with van der Waals surface area (Å²) in [6.45, 7) is 11.9. The molecule has 6 nitrogen and oxygen atoms in total. The monoisotopic (exact) mass is 409 g/mol. The molecule has 0 amide bonds. The summed E-state index contributed by atoms with van der Waals surface area (Å²) in [6.07, 6.45) is 1.99. The largest absolute Gasteiger partial charge is 0.395 e. The fourth-order valence-electron chi connectivity index (χ4n) is 3.76. The standard InChI is InChI=1S/C23H39NO5/c1-14(2)7-9-17-21(27)20(18(13-16(5)6)24-11-12-25)22(28)23(17,29)19(26)10-8-15(3)4/h14-17,24-25,29H,7-13H2,1-6H3/t17-,23+/m0/s1. The topological polar surface area (TPSA) is 104 Å². The van der Waals surface area contributed by atoms with Gasteiger partial charge in [0.15, 0.2) is 17.2 Å². The fourth-order valence-corrected chi connectivity index (χ4v) is 3.76. The first-order valence-electron chi connectivity index (χ1n) is 10.9. The lowest BCUT2D eigenvalue weighted by Gasteiger charge is -2.26. The van der Waals surface area contributed by atoms with Crippen molar-refractivity contribution in [3.63, 3.8) is 0 Å². The Bertz CT molecular complexity index is 635. The summed E-state index contributed by atoms with van der Waals surface area (Å²) in [5.41, 5.74) is -1.94. The van der Waals surface area contributed by atoms with E-state index in [1.165, 1.54) is 0 Å². The molecule has 2 atom stereocenters. The van der Waals surface area contributed by atoms with E-state index in [9.17, 15) is 24.6 Å². The van der Waals surface area contributed by atoms with E-state index >= 15 is 0 Å². The van der Waals surface area contributed by atoms with Gasteiger partial charge in [-0.3, -0.25) is 14.4 Å². The van der Waals surface area contributed by atoms with Crippen LogP contribution in [0.1, 0.15) is 73.6 Å². The van der Waals surface area contributed by atoms with Gasteiger partial charge in [-0.15, -0.1) is 0 Å². The summed E-state index contributed by atoms with van der Waals surface area (Å²) < 4.78 is 0. The first-order valence-corrected chi connectivity index (χ1v) is 10.9. The second-order valence-electron chi connectivity index (χ2n) is 9.44. The van der Waals surface area contributed by atoms with Gasteiger partial charge in [-0.25, -0.2) is 0 Å². The van der Waals surface area contributed by atoms with Crippen molar-refractivity contribution in [2.45, 2.75) is 79.2 Å². The molecule has 1 rings (SSSR count). The van der Waals surface area contributed by atoms with Gasteiger partial charge in [-0.05, 0) is 37.0 Å². The molecule has 1 aliphatic carbocycles. The van der Waals surface area contributed by atoms with Crippen LogP contribution >= 0.6 is 0 Å². The third kappa shape index (κ3) is 6.22. The lowest BCUT2D eigenvalue weighted by Crippen LogP contribution is -2.49. The minimum Gasteiger partial charge on any atom is -0.395 e. The molecule has 0 aliphatic heterocycles. The first-order chi connectivity index (χ1) is 13.5. The van der Waals surface area contributed by atoms with Crippen molar-refractivity contribution < 1.29 is 24.6 Å². The summed E-state index contributed by atoms with van der Waals surface area (Å²) in [7, 11) is 0. The predicted molar refractivity (Wildman–Crippen MR) is 113 cm³/mol. The number of carbonyl (C=O) groups is 3. The lowest BCUT2D eigenvalue weighted by atomic mass is 9.79. The molecule has 166 valence electrons. The van der Waals surface area contributed by atoms with Gasteiger partial charge >= 0.3 is 0 Å². The maximum Gasteiger partial charge on any atom is 0.208 e. The molecular formula is C23H39NO5. The van der Waals surface area contributed by atoms with Gasteiger partial charge in [0.05, 0.1) is 18.1 Å². The number of aliphatic hydroxyl groups is 2. The summed E-state index contributed by atoms with van der Waals surface area (Å²) in [5, 5.41) is 23.5.